The van der Waals surface area contributed by atoms with Crippen LogP contribution in [0.2, 0.25) is 0 Å². The van der Waals surface area contributed by atoms with Crippen molar-refractivity contribution in [1.82, 2.24) is 29.7 Å². The molecular weight excluding hydrogens is 414 g/mol. The highest BCUT2D eigenvalue weighted by molar-refractivity contribution is 5.97. The molecule has 0 amide bonds. The standard InChI is InChI=1S/C25H25N7O/c1-15-14-26-21-7-5-4-6-19(21)24(15)32-17(3)28-23-20(25-27-16(2)29-30-25)12-18(13-22(23)32)31-8-10-33-11-9-31/h4-7,12-14H,8-11H2,1-3H3,(H,27,29,30). The third-order valence-corrected chi connectivity index (χ3v) is 6.28. The molecule has 8 nitrogen and oxygen atoms in total. The Bertz CT molecular complexity index is 1490. The number of H-pyrrole nitrogens is 1. The molecule has 1 saturated heterocycles. The number of nitrogens with one attached hydrogen (secondary N) is 1. The van der Waals surface area contributed by atoms with Gasteiger partial charge in [-0.25, -0.2) is 9.97 Å². The third kappa shape index (κ3) is 3.25. The molecule has 0 radical (unpaired) electrons. The number of hydrogen-bond donors (Lipinski definition) is 1. The van der Waals surface area contributed by atoms with E-state index in [-0.39, 0.29) is 0 Å². The molecule has 0 unspecified atom stereocenters. The van der Waals surface area contributed by atoms with Gasteiger partial charge in [-0.1, -0.05) is 18.2 Å². The number of pyridine rings is 1. The van der Waals surface area contributed by atoms with Crippen LogP contribution in [0.4, 0.5) is 5.69 Å². The molecule has 0 saturated carbocycles. The van der Waals surface area contributed by atoms with Gasteiger partial charge in [-0.15, -0.1) is 0 Å². The average Bonchev–Trinajstić information content (AvgIpc) is 3.41. The zero-order valence-corrected chi connectivity index (χ0v) is 19.0. The van der Waals surface area contributed by atoms with Crippen molar-refractivity contribution in [2.24, 2.45) is 0 Å². The van der Waals surface area contributed by atoms with E-state index in [0.29, 0.717) is 5.82 Å². The summed E-state index contributed by atoms with van der Waals surface area (Å²) in [6, 6.07) is 12.6. The van der Waals surface area contributed by atoms with Crippen LogP contribution in [0.5, 0.6) is 0 Å². The number of anilines is 1. The molecule has 2 aromatic carbocycles. The van der Waals surface area contributed by atoms with Gasteiger partial charge >= 0.3 is 0 Å². The Morgan fingerprint density at radius 1 is 1.00 bits per heavy atom. The summed E-state index contributed by atoms with van der Waals surface area (Å²) >= 11 is 0. The molecule has 0 atom stereocenters. The first-order valence-corrected chi connectivity index (χ1v) is 11.2. The highest BCUT2D eigenvalue weighted by Gasteiger charge is 2.22. The van der Waals surface area contributed by atoms with Crippen molar-refractivity contribution in [1.29, 1.82) is 0 Å². The first-order chi connectivity index (χ1) is 16.1. The zero-order chi connectivity index (χ0) is 22.5. The van der Waals surface area contributed by atoms with Crippen molar-refractivity contribution in [2.45, 2.75) is 20.8 Å². The molecule has 6 rings (SSSR count). The Kier molecular flexibility index (Phi) is 4.62. The Morgan fingerprint density at radius 3 is 2.61 bits per heavy atom. The van der Waals surface area contributed by atoms with E-state index in [1.807, 2.05) is 25.3 Å². The summed E-state index contributed by atoms with van der Waals surface area (Å²) < 4.78 is 7.84. The number of fused-ring (bicyclic) bond motifs is 2. The minimum absolute atomic E-state index is 0.661. The highest BCUT2D eigenvalue weighted by Crippen LogP contribution is 2.36. The van der Waals surface area contributed by atoms with Gasteiger partial charge in [0.15, 0.2) is 5.82 Å². The molecule has 3 aromatic heterocycles. The molecule has 1 N–H and O–H groups in total. The minimum Gasteiger partial charge on any atom is -0.378 e. The number of aryl methyl sites for hydroxylation is 3. The molecule has 0 bridgehead atoms. The summed E-state index contributed by atoms with van der Waals surface area (Å²) in [5.41, 5.74) is 7.15. The van der Waals surface area contributed by atoms with Gasteiger partial charge in [0.05, 0.1) is 35.5 Å². The van der Waals surface area contributed by atoms with E-state index in [4.69, 9.17) is 9.72 Å². The van der Waals surface area contributed by atoms with E-state index < -0.39 is 0 Å². The number of rotatable bonds is 3. The topological polar surface area (TPSA) is 84.8 Å². The Hall–Kier alpha value is -3.78. The zero-order valence-electron chi connectivity index (χ0n) is 19.0. The fourth-order valence-corrected chi connectivity index (χ4v) is 4.72. The quantitative estimate of drug-likeness (QED) is 0.455. The second-order valence-electron chi connectivity index (χ2n) is 8.51. The number of morpholine rings is 1. The lowest BCUT2D eigenvalue weighted by Crippen LogP contribution is -2.36. The van der Waals surface area contributed by atoms with E-state index >= 15 is 0 Å². The summed E-state index contributed by atoms with van der Waals surface area (Å²) in [7, 11) is 0. The lowest BCUT2D eigenvalue weighted by molar-refractivity contribution is 0.122. The molecule has 0 spiro atoms. The summed E-state index contributed by atoms with van der Waals surface area (Å²) in [4.78, 5) is 16.6. The van der Waals surface area contributed by atoms with Crippen molar-refractivity contribution in [3.63, 3.8) is 0 Å². The number of aromatic nitrogens is 6. The molecule has 166 valence electrons. The number of benzene rings is 2. The van der Waals surface area contributed by atoms with Crippen LogP contribution in [0, 0.1) is 20.8 Å². The lowest BCUT2D eigenvalue weighted by atomic mass is 10.1. The molecular formula is C25H25N7O. The SMILES string of the molecule is Cc1nc(-c2cc(N3CCOCC3)cc3c2nc(C)n3-c2c(C)cnc3ccccc23)n[nH]1. The first kappa shape index (κ1) is 19.9. The van der Waals surface area contributed by atoms with Crippen LogP contribution in [-0.2, 0) is 4.74 Å². The van der Waals surface area contributed by atoms with Gasteiger partial charge in [0, 0.05) is 30.4 Å². The molecule has 0 aliphatic carbocycles. The fraction of sp³-hybridized carbons (Fsp3) is 0.280. The van der Waals surface area contributed by atoms with Crippen molar-refractivity contribution in [3.8, 4) is 17.1 Å². The van der Waals surface area contributed by atoms with Crippen molar-refractivity contribution >= 4 is 27.6 Å². The first-order valence-electron chi connectivity index (χ1n) is 11.2. The van der Waals surface area contributed by atoms with Crippen LogP contribution >= 0.6 is 0 Å². The van der Waals surface area contributed by atoms with E-state index in [2.05, 4.69) is 67.7 Å². The second-order valence-corrected chi connectivity index (χ2v) is 8.51. The maximum Gasteiger partial charge on any atom is 0.183 e. The van der Waals surface area contributed by atoms with Crippen molar-refractivity contribution in [3.05, 3.63) is 59.8 Å². The fourth-order valence-electron chi connectivity index (χ4n) is 4.72. The van der Waals surface area contributed by atoms with E-state index in [9.17, 15) is 0 Å². The van der Waals surface area contributed by atoms with Crippen LogP contribution < -0.4 is 4.90 Å². The van der Waals surface area contributed by atoms with Crippen LogP contribution in [0.1, 0.15) is 17.2 Å². The van der Waals surface area contributed by atoms with E-state index in [1.54, 1.807) is 0 Å². The molecule has 1 fully saturated rings. The molecule has 1 aliphatic heterocycles. The maximum atomic E-state index is 5.59. The van der Waals surface area contributed by atoms with Gasteiger partial charge < -0.3 is 9.64 Å². The van der Waals surface area contributed by atoms with E-state index in [0.717, 1.165) is 82.4 Å². The van der Waals surface area contributed by atoms with Gasteiger partial charge in [-0.05, 0) is 44.5 Å². The normalized spacial score (nSPS) is 14.5. The minimum atomic E-state index is 0.661. The summed E-state index contributed by atoms with van der Waals surface area (Å²) in [5.74, 6) is 2.35. The van der Waals surface area contributed by atoms with Gasteiger partial charge in [0.25, 0.3) is 0 Å². The Balaban J connectivity index is 1.68. The van der Waals surface area contributed by atoms with Gasteiger partial charge in [-0.3, -0.25) is 14.6 Å². The van der Waals surface area contributed by atoms with Gasteiger partial charge in [0.1, 0.15) is 17.2 Å². The second kappa shape index (κ2) is 7.67. The molecule has 8 heteroatoms. The number of ether oxygens (including phenoxy) is 1. The monoisotopic (exact) mass is 439 g/mol. The molecule has 1 aliphatic rings. The van der Waals surface area contributed by atoms with Crippen LogP contribution in [0.15, 0.2) is 42.6 Å². The molecule has 33 heavy (non-hydrogen) atoms. The van der Waals surface area contributed by atoms with Crippen LogP contribution in [0.25, 0.3) is 39.0 Å². The number of nitrogens with zero attached hydrogens (tertiary/aromatic N) is 6. The highest BCUT2D eigenvalue weighted by atomic mass is 16.5. The largest absolute Gasteiger partial charge is 0.378 e. The summed E-state index contributed by atoms with van der Waals surface area (Å²) in [5, 5.41) is 8.55. The van der Waals surface area contributed by atoms with Gasteiger partial charge in [-0.2, -0.15) is 5.10 Å². The maximum absolute atomic E-state index is 5.59. The van der Waals surface area contributed by atoms with Crippen LogP contribution in [0.3, 0.4) is 0 Å². The molecule has 5 aromatic rings. The predicted octanol–water partition coefficient (Wildman–Crippen LogP) is 4.12. The van der Waals surface area contributed by atoms with Crippen molar-refractivity contribution < 1.29 is 4.74 Å². The smallest absolute Gasteiger partial charge is 0.183 e. The average molecular weight is 440 g/mol. The van der Waals surface area contributed by atoms with E-state index in [1.165, 1.54) is 0 Å². The lowest BCUT2D eigenvalue weighted by Gasteiger charge is -2.29. The number of para-hydroxylation sites is 1. The van der Waals surface area contributed by atoms with Crippen molar-refractivity contribution in [2.75, 3.05) is 31.2 Å². The molecule has 4 heterocycles. The number of hydrogen-bond acceptors (Lipinski definition) is 6. The number of aromatic amines is 1. The summed E-state index contributed by atoms with van der Waals surface area (Å²) in [6.07, 6.45) is 1.94. The van der Waals surface area contributed by atoms with Gasteiger partial charge in [0.2, 0.25) is 0 Å². The Morgan fingerprint density at radius 2 is 1.82 bits per heavy atom. The Labute approximate surface area is 191 Å². The summed E-state index contributed by atoms with van der Waals surface area (Å²) in [6.45, 7) is 9.21. The third-order valence-electron chi connectivity index (χ3n) is 6.28. The predicted molar refractivity (Wildman–Crippen MR) is 129 cm³/mol. The number of imidazole rings is 1. The van der Waals surface area contributed by atoms with Crippen LogP contribution in [-0.4, -0.2) is 56.0 Å².